The van der Waals surface area contributed by atoms with Crippen LogP contribution in [0.25, 0.3) is 0 Å². The molecule has 0 saturated heterocycles. The first-order valence-corrected chi connectivity index (χ1v) is 5.15. The number of nitrogens with two attached hydrogens (primary N) is 2. The maximum atomic E-state index is 11.3. The molecule has 17 heavy (non-hydrogen) atoms. The minimum absolute atomic E-state index is 0.325. The topological polar surface area (TPSA) is 107 Å². The van der Waals surface area contributed by atoms with Crippen molar-refractivity contribution in [2.24, 2.45) is 11.6 Å². The molecule has 1 rings (SSSR count). The molecule has 0 aliphatic rings. The highest BCUT2D eigenvalue weighted by Crippen LogP contribution is 2.15. The van der Waals surface area contributed by atoms with Crippen LogP contribution in [-0.2, 0) is 4.79 Å². The van der Waals surface area contributed by atoms with Crippen LogP contribution in [0, 0.1) is 0 Å². The first-order chi connectivity index (χ1) is 8.08. The third kappa shape index (κ3) is 3.46. The van der Waals surface area contributed by atoms with Crippen molar-refractivity contribution in [3.05, 3.63) is 29.8 Å². The number of hydrogen-bond acceptors (Lipinski definition) is 4. The van der Waals surface area contributed by atoms with Gasteiger partial charge in [0.15, 0.2) is 6.10 Å². The van der Waals surface area contributed by atoms with Crippen LogP contribution in [0.1, 0.15) is 23.7 Å². The van der Waals surface area contributed by atoms with Crippen LogP contribution in [0.15, 0.2) is 24.3 Å². The zero-order valence-electron chi connectivity index (χ0n) is 9.47. The maximum absolute atomic E-state index is 11.3. The first kappa shape index (κ1) is 13.0. The summed E-state index contributed by atoms with van der Waals surface area (Å²) in [6.07, 6.45) is -0.229. The molecule has 0 spiro atoms. The van der Waals surface area contributed by atoms with Crippen LogP contribution in [0.3, 0.4) is 0 Å². The highest BCUT2D eigenvalue weighted by atomic mass is 16.5. The van der Waals surface area contributed by atoms with Gasteiger partial charge in [-0.15, -0.1) is 0 Å². The summed E-state index contributed by atoms with van der Waals surface area (Å²) < 4.78 is 5.41. The summed E-state index contributed by atoms with van der Waals surface area (Å²) in [5, 5.41) is 0. The molecule has 1 unspecified atom stereocenters. The Bertz CT molecular complexity index is 420. The minimum atomic E-state index is -0.692. The Morgan fingerprint density at radius 1 is 1.47 bits per heavy atom. The molecule has 6 heteroatoms. The van der Waals surface area contributed by atoms with Gasteiger partial charge in [0.05, 0.1) is 0 Å². The lowest BCUT2D eigenvalue weighted by atomic mass is 10.2. The lowest BCUT2D eigenvalue weighted by molar-refractivity contribution is -0.128. The molecule has 0 bridgehead atoms. The first-order valence-electron chi connectivity index (χ1n) is 5.15. The van der Waals surface area contributed by atoms with Crippen LogP contribution >= 0.6 is 0 Å². The molecule has 0 saturated carbocycles. The highest BCUT2D eigenvalue weighted by Gasteiger charge is 2.17. The van der Waals surface area contributed by atoms with E-state index in [0.29, 0.717) is 17.7 Å². The molecule has 1 aromatic rings. The molecule has 1 atom stereocenters. The van der Waals surface area contributed by atoms with Crippen molar-refractivity contribution in [2.45, 2.75) is 19.4 Å². The molecule has 1 aromatic carbocycles. The van der Waals surface area contributed by atoms with Crippen LogP contribution in [0.4, 0.5) is 0 Å². The van der Waals surface area contributed by atoms with E-state index < -0.39 is 17.9 Å². The number of hydrazine groups is 1. The summed E-state index contributed by atoms with van der Waals surface area (Å²) in [7, 11) is 0. The van der Waals surface area contributed by atoms with Crippen molar-refractivity contribution >= 4 is 11.8 Å². The van der Waals surface area contributed by atoms with Crippen molar-refractivity contribution < 1.29 is 14.3 Å². The standard InChI is InChI=1S/C11H15N3O3/c1-2-9(11(16)14-13)17-8-5-3-4-7(6-8)10(12)15/h3-6,9H,2,13H2,1H3,(H2,12,15)(H,14,16). The van der Waals surface area contributed by atoms with Gasteiger partial charge in [0.2, 0.25) is 5.91 Å². The fourth-order valence-electron chi connectivity index (χ4n) is 1.30. The quantitative estimate of drug-likeness (QED) is 0.378. The lowest BCUT2D eigenvalue weighted by Gasteiger charge is -2.15. The summed E-state index contributed by atoms with van der Waals surface area (Å²) in [5.74, 6) is 4.46. The third-order valence-corrected chi connectivity index (χ3v) is 2.20. The zero-order chi connectivity index (χ0) is 12.8. The van der Waals surface area contributed by atoms with Gasteiger partial charge >= 0.3 is 0 Å². The monoisotopic (exact) mass is 237 g/mol. The van der Waals surface area contributed by atoms with E-state index in [0.717, 1.165) is 0 Å². The van der Waals surface area contributed by atoms with Gasteiger partial charge in [0, 0.05) is 5.56 Å². The molecule has 5 N–H and O–H groups in total. The van der Waals surface area contributed by atoms with Gasteiger partial charge in [-0.3, -0.25) is 15.0 Å². The molecule has 0 aromatic heterocycles. The van der Waals surface area contributed by atoms with E-state index in [2.05, 4.69) is 0 Å². The Kier molecular flexibility index (Phi) is 4.47. The van der Waals surface area contributed by atoms with E-state index in [-0.39, 0.29) is 0 Å². The number of carbonyl (C=O) groups is 2. The lowest BCUT2D eigenvalue weighted by Crippen LogP contribution is -2.41. The second kappa shape index (κ2) is 5.86. The van der Waals surface area contributed by atoms with Crippen LogP contribution in [0.5, 0.6) is 5.75 Å². The molecule has 0 aliphatic heterocycles. The van der Waals surface area contributed by atoms with Gasteiger partial charge < -0.3 is 10.5 Å². The number of rotatable bonds is 5. The number of primary amides is 1. The van der Waals surface area contributed by atoms with E-state index in [1.165, 1.54) is 6.07 Å². The molecular weight excluding hydrogens is 222 g/mol. The van der Waals surface area contributed by atoms with E-state index in [4.69, 9.17) is 16.3 Å². The van der Waals surface area contributed by atoms with E-state index in [1.54, 1.807) is 25.1 Å². The summed E-state index contributed by atoms with van der Waals surface area (Å²) in [6.45, 7) is 1.79. The number of hydrogen-bond donors (Lipinski definition) is 3. The van der Waals surface area contributed by atoms with Gasteiger partial charge in [-0.1, -0.05) is 13.0 Å². The largest absolute Gasteiger partial charge is 0.481 e. The number of benzene rings is 1. The Hall–Kier alpha value is -2.08. The highest BCUT2D eigenvalue weighted by molar-refractivity contribution is 5.93. The van der Waals surface area contributed by atoms with Crippen molar-refractivity contribution in [3.63, 3.8) is 0 Å². The summed E-state index contributed by atoms with van der Waals surface area (Å²) >= 11 is 0. The Morgan fingerprint density at radius 2 is 2.18 bits per heavy atom. The smallest absolute Gasteiger partial charge is 0.274 e. The summed E-state index contributed by atoms with van der Waals surface area (Å²) in [5.41, 5.74) is 7.48. The molecule has 92 valence electrons. The average Bonchev–Trinajstić information content (AvgIpc) is 2.35. The summed E-state index contributed by atoms with van der Waals surface area (Å²) in [6, 6.07) is 6.31. The van der Waals surface area contributed by atoms with Crippen molar-refractivity contribution in [3.8, 4) is 5.75 Å². The maximum Gasteiger partial charge on any atom is 0.274 e. The van der Waals surface area contributed by atoms with Crippen molar-refractivity contribution in [1.29, 1.82) is 0 Å². The fourth-order valence-corrected chi connectivity index (χ4v) is 1.30. The van der Waals surface area contributed by atoms with Gasteiger partial charge in [-0.2, -0.15) is 0 Å². The number of carbonyl (C=O) groups excluding carboxylic acids is 2. The third-order valence-electron chi connectivity index (χ3n) is 2.20. The Labute approximate surface area is 98.9 Å². The van der Waals surface area contributed by atoms with Crippen LogP contribution in [-0.4, -0.2) is 17.9 Å². The average molecular weight is 237 g/mol. The zero-order valence-corrected chi connectivity index (χ0v) is 9.47. The minimum Gasteiger partial charge on any atom is -0.481 e. The molecule has 0 heterocycles. The second-order valence-electron chi connectivity index (χ2n) is 3.42. The fraction of sp³-hybridized carbons (Fsp3) is 0.273. The number of amides is 2. The number of nitrogens with one attached hydrogen (secondary N) is 1. The van der Waals surface area contributed by atoms with E-state index in [1.807, 2.05) is 5.43 Å². The van der Waals surface area contributed by atoms with E-state index >= 15 is 0 Å². The van der Waals surface area contributed by atoms with E-state index in [9.17, 15) is 9.59 Å². The Balaban J connectivity index is 2.83. The predicted molar refractivity (Wildman–Crippen MR) is 62.0 cm³/mol. The van der Waals surface area contributed by atoms with Crippen molar-refractivity contribution in [2.75, 3.05) is 0 Å². The SMILES string of the molecule is CCC(Oc1cccc(C(N)=O)c1)C(=O)NN. The molecule has 0 radical (unpaired) electrons. The van der Waals surface area contributed by atoms with Crippen LogP contribution < -0.4 is 21.7 Å². The predicted octanol–water partition coefficient (Wildman–Crippen LogP) is -0.0672. The normalized spacial score (nSPS) is 11.6. The van der Waals surface area contributed by atoms with Crippen LogP contribution in [0.2, 0.25) is 0 Å². The molecular formula is C11H15N3O3. The second-order valence-corrected chi connectivity index (χ2v) is 3.42. The molecule has 0 fully saturated rings. The van der Waals surface area contributed by atoms with Crippen molar-refractivity contribution in [1.82, 2.24) is 5.43 Å². The summed E-state index contributed by atoms with van der Waals surface area (Å²) in [4.78, 5) is 22.3. The van der Waals surface area contributed by atoms with Gasteiger partial charge in [0.1, 0.15) is 5.75 Å². The molecule has 2 amide bonds. The molecule has 6 nitrogen and oxygen atoms in total. The number of ether oxygens (including phenoxy) is 1. The molecule has 0 aliphatic carbocycles. The van der Waals surface area contributed by atoms with Gasteiger partial charge in [0.25, 0.3) is 5.91 Å². The Morgan fingerprint density at radius 3 is 2.71 bits per heavy atom. The van der Waals surface area contributed by atoms with Gasteiger partial charge in [-0.05, 0) is 24.6 Å². The van der Waals surface area contributed by atoms with Gasteiger partial charge in [-0.25, -0.2) is 5.84 Å².